The van der Waals surface area contributed by atoms with Gasteiger partial charge in [0.05, 0.1) is 13.7 Å². The zero-order chi connectivity index (χ0) is 18.9. The van der Waals surface area contributed by atoms with Gasteiger partial charge in [0.25, 0.3) is 0 Å². The molecule has 0 unspecified atom stereocenters. The number of nitrogens with one attached hydrogen (secondary N) is 3. The lowest BCUT2D eigenvalue weighted by Crippen LogP contribution is -2.20. The number of hydrogen-bond donors (Lipinski definition) is 5. The van der Waals surface area contributed by atoms with E-state index in [-0.39, 0.29) is 13.2 Å². The molecule has 0 heterocycles. The fourth-order valence-electron chi connectivity index (χ4n) is 2.38. The van der Waals surface area contributed by atoms with Gasteiger partial charge in [-0.1, -0.05) is 17.7 Å². The molecule has 0 spiro atoms. The maximum absolute atomic E-state index is 12.3. The van der Waals surface area contributed by atoms with Crippen LogP contribution in [0.2, 0.25) is 5.02 Å². The number of aliphatic hydroxyl groups excluding tert-OH is 2. The van der Waals surface area contributed by atoms with Gasteiger partial charge in [0, 0.05) is 47.4 Å². The third-order valence-corrected chi connectivity index (χ3v) is 3.78. The van der Waals surface area contributed by atoms with Crippen LogP contribution in [0.25, 0.3) is 0 Å². The molecule has 26 heavy (non-hydrogen) atoms. The quantitative estimate of drug-likeness (QED) is 0.485. The minimum absolute atomic E-state index is 0.0111. The summed E-state index contributed by atoms with van der Waals surface area (Å²) in [5, 5.41) is 27.0. The molecule has 0 aliphatic heterocycles. The number of methoxy groups -OCH3 is 1. The lowest BCUT2D eigenvalue weighted by atomic mass is 10.1. The maximum Gasteiger partial charge on any atom is 0.323 e. The number of benzene rings is 2. The van der Waals surface area contributed by atoms with Crippen LogP contribution in [-0.2, 0) is 6.42 Å². The fraction of sp³-hybridized carbons (Fsp3) is 0.278. The highest BCUT2D eigenvalue weighted by molar-refractivity contribution is 6.31. The largest absolute Gasteiger partial charge is 0.497 e. The number of carbonyl (C=O) groups excluding carboxylic acids is 1. The summed E-state index contributed by atoms with van der Waals surface area (Å²) >= 11 is 5.99. The molecule has 0 aliphatic carbocycles. The van der Waals surface area contributed by atoms with Crippen LogP contribution in [0.4, 0.5) is 21.9 Å². The van der Waals surface area contributed by atoms with E-state index in [1.165, 1.54) is 7.11 Å². The van der Waals surface area contributed by atoms with E-state index in [0.29, 0.717) is 40.8 Å². The second kappa shape index (κ2) is 9.86. The lowest BCUT2D eigenvalue weighted by molar-refractivity contribution is 0.262. The van der Waals surface area contributed by atoms with Gasteiger partial charge in [0.2, 0.25) is 0 Å². The van der Waals surface area contributed by atoms with Gasteiger partial charge in [-0.05, 0) is 30.2 Å². The first-order chi connectivity index (χ1) is 12.5. The first-order valence-corrected chi connectivity index (χ1v) is 8.44. The van der Waals surface area contributed by atoms with Crippen LogP contribution < -0.4 is 20.7 Å². The van der Waals surface area contributed by atoms with Crippen molar-refractivity contribution in [3.63, 3.8) is 0 Å². The standard InChI is InChI=1S/C18H22ClN3O4/c1-26-16-10-14(20-5-7-24)9-15(11-16)21-18(25)22-17-8-13(19)3-2-12(17)4-6-23/h2-3,8-11,20,23-24H,4-7H2,1H3,(H2,21,22,25). The molecule has 0 fully saturated rings. The predicted octanol–water partition coefficient (Wildman–Crippen LogP) is 2.93. The van der Waals surface area contributed by atoms with E-state index in [2.05, 4.69) is 16.0 Å². The minimum atomic E-state index is -0.451. The number of hydrogen-bond acceptors (Lipinski definition) is 5. The summed E-state index contributed by atoms with van der Waals surface area (Å²) in [5.41, 5.74) is 2.54. The van der Waals surface area contributed by atoms with Crippen molar-refractivity contribution >= 4 is 34.7 Å². The summed E-state index contributed by atoms with van der Waals surface area (Å²) in [6, 6.07) is 9.81. The molecule has 2 aromatic rings. The van der Waals surface area contributed by atoms with Gasteiger partial charge < -0.3 is 30.9 Å². The van der Waals surface area contributed by atoms with Crippen LogP contribution in [0.3, 0.4) is 0 Å². The van der Waals surface area contributed by atoms with Gasteiger partial charge in [0.1, 0.15) is 5.75 Å². The van der Waals surface area contributed by atoms with Crippen LogP contribution >= 0.6 is 11.6 Å². The molecule has 0 atom stereocenters. The highest BCUT2D eigenvalue weighted by Gasteiger charge is 2.09. The maximum atomic E-state index is 12.3. The minimum Gasteiger partial charge on any atom is -0.497 e. The summed E-state index contributed by atoms with van der Waals surface area (Å²) < 4.78 is 5.22. The van der Waals surface area contributed by atoms with Crippen molar-refractivity contribution in [2.45, 2.75) is 6.42 Å². The molecule has 0 saturated heterocycles. The lowest BCUT2D eigenvalue weighted by Gasteiger charge is -2.14. The number of halogens is 1. The van der Waals surface area contributed by atoms with Crippen LogP contribution in [0.1, 0.15) is 5.56 Å². The van der Waals surface area contributed by atoms with Crippen LogP contribution in [0, 0.1) is 0 Å². The van der Waals surface area contributed by atoms with Gasteiger partial charge in [-0.25, -0.2) is 4.79 Å². The molecule has 0 bridgehead atoms. The Labute approximate surface area is 156 Å². The Balaban J connectivity index is 2.13. The molecular weight excluding hydrogens is 358 g/mol. The summed E-state index contributed by atoms with van der Waals surface area (Å²) in [7, 11) is 1.53. The van der Waals surface area contributed by atoms with Gasteiger partial charge in [-0.15, -0.1) is 0 Å². The van der Waals surface area contributed by atoms with Crippen molar-refractivity contribution in [2.75, 3.05) is 42.8 Å². The van der Waals surface area contributed by atoms with E-state index in [4.69, 9.17) is 26.6 Å². The van der Waals surface area contributed by atoms with Gasteiger partial charge >= 0.3 is 6.03 Å². The monoisotopic (exact) mass is 379 g/mol. The van der Waals surface area contributed by atoms with E-state index in [9.17, 15) is 4.79 Å². The number of urea groups is 1. The van der Waals surface area contributed by atoms with E-state index in [1.54, 1.807) is 36.4 Å². The topological polar surface area (TPSA) is 103 Å². The van der Waals surface area contributed by atoms with Gasteiger partial charge in [0.15, 0.2) is 0 Å². The van der Waals surface area contributed by atoms with Crippen molar-refractivity contribution in [3.05, 3.63) is 47.0 Å². The highest BCUT2D eigenvalue weighted by Crippen LogP contribution is 2.25. The Bertz CT molecular complexity index is 755. The number of aliphatic hydroxyl groups is 2. The fourth-order valence-corrected chi connectivity index (χ4v) is 2.55. The molecule has 0 aromatic heterocycles. The van der Waals surface area contributed by atoms with Crippen LogP contribution in [0.15, 0.2) is 36.4 Å². The molecule has 2 amide bonds. The molecule has 0 aliphatic rings. The van der Waals surface area contributed by atoms with Crippen molar-refractivity contribution in [3.8, 4) is 5.75 Å². The van der Waals surface area contributed by atoms with Crippen LogP contribution in [0.5, 0.6) is 5.75 Å². The third-order valence-electron chi connectivity index (χ3n) is 3.54. The van der Waals surface area contributed by atoms with E-state index in [1.807, 2.05) is 0 Å². The van der Waals surface area contributed by atoms with E-state index in [0.717, 1.165) is 5.56 Å². The molecule has 2 aromatic carbocycles. The zero-order valence-corrected chi connectivity index (χ0v) is 15.1. The second-order valence-corrected chi connectivity index (χ2v) is 5.89. The molecular formula is C18H22ClN3O4. The summed E-state index contributed by atoms with van der Waals surface area (Å²) in [4.78, 5) is 12.3. The highest BCUT2D eigenvalue weighted by atomic mass is 35.5. The van der Waals surface area contributed by atoms with Crippen molar-refractivity contribution in [1.29, 1.82) is 0 Å². The summed E-state index contributed by atoms with van der Waals surface area (Å²) in [6.07, 6.45) is 0.404. The van der Waals surface area contributed by atoms with Gasteiger partial charge in [-0.2, -0.15) is 0 Å². The normalized spacial score (nSPS) is 10.3. The Hall–Kier alpha value is -2.48. The zero-order valence-electron chi connectivity index (χ0n) is 14.4. The Morgan fingerprint density at radius 1 is 1.08 bits per heavy atom. The molecule has 2 rings (SSSR count). The van der Waals surface area contributed by atoms with Crippen molar-refractivity contribution < 1.29 is 19.7 Å². The SMILES string of the molecule is COc1cc(NCCO)cc(NC(=O)Nc2cc(Cl)ccc2CCO)c1. The number of rotatable bonds is 8. The van der Waals surface area contributed by atoms with Gasteiger partial charge in [-0.3, -0.25) is 0 Å². The molecule has 0 saturated carbocycles. The third kappa shape index (κ3) is 5.80. The van der Waals surface area contributed by atoms with Crippen molar-refractivity contribution in [1.82, 2.24) is 0 Å². The number of ether oxygens (including phenoxy) is 1. The predicted molar refractivity (Wildman–Crippen MR) is 103 cm³/mol. The molecule has 0 radical (unpaired) electrons. The molecule has 8 heteroatoms. The average Bonchev–Trinajstić information content (AvgIpc) is 2.62. The van der Waals surface area contributed by atoms with Crippen molar-refractivity contribution in [2.24, 2.45) is 0 Å². The number of carbonyl (C=O) groups is 1. The smallest absolute Gasteiger partial charge is 0.323 e. The summed E-state index contributed by atoms with van der Waals surface area (Å²) in [6.45, 7) is 0.336. The number of amides is 2. The second-order valence-electron chi connectivity index (χ2n) is 5.45. The Morgan fingerprint density at radius 3 is 2.54 bits per heavy atom. The molecule has 7 nitrogen and oxygen atoms in total. The molecule has 140 valence electrons. The Kier molecular flexibility index (Phi) is 7.53. The first-order valence-electron chi connectivity index (χ1n) is 8.07. The Morgan fingerprint density at radius 2 is 1.85 bits per heavy atom. The van der Waals surface area contributed by atoms with E-state index < -0.39 is 6.03 Å². The number of anilines is 3. The average molecular weight is 380 g/mol. The summed E-state index contributed by atoms with van der Waals surface area (Å²) in [5.74, 6) is 0.562. The van der Waals surface area contributed by atoms with E-state index >= 15 is 0 Å². The molecule has 5 N–H and O–H groups in total. The van der Waals surface area contributed by atoms with Crippen LogP contribution in [-0.4, -0.2) is 43.1 Å². The first kappa shape index (κ1) is 19.8.